The predicted molar refractivity (Wildman–Crippen MR) is 119 cm³/mol. The van der Waals surface area contributed by atoms with Crippen LogP contribution in [0.3, 0.4) is 0 Å². The maximum absolute atomic E-state index is 13.1. The largest absolute Gasteiger partial charge is 0.384 e. The molecule has 3 N–H and O–H groups in total. The van der Waals surface area contributed by atoms with Crippen LogP contribution in [0.15, 0.2) is 23.2 Å². The van der Waals surface area contributed by atoms with Gasteiger partial charge < -0.3 is 15.0 Å². The number of benzene rings is 1. The second-order valence-corrected chi connectivity index (χ2v) is 11.5. The number of carbonyl (C=O) groups excluding carboxylic acids is 1. The molecule has 1 aliphatic heterocycles. The number of nitrogens with zero attached hydrogens (tertiary/aromatic N) is 2. The summed E-state index contributed by atoms with van der Waals surface area (Å²) in [7, 11) is -4.08. The normalized spacial score (nSPS) is 24.0. The van der Waals surface area contributed by atoms with E-state index >= 15 is 0 Å². The molecule has 1 aromatic carbocycles. The molecule has 2 atom stereocenters. The van der Waals surface area contributed by atoms with E-state index in [2.05, 4.69) is 15.8 Å². The number of carbonyl (C=O) groups is 1. The Bertz CT molecular complexity index is 1270. The van der Waals surface area contributed by atoms with E-state index in [1.807, 2.05) is 0 Å². The number of H-pyrrole nitrogens is 1. The predicted octanol–water partition coefficient (Wildman–Crippen LogP) is 2.73. The second kappa shape index (κ2) is 7.47. The van der Waals surface area contributed by atoms with Crippen LogP contribution in [0.2, 0.25) is 10.0 Å². The summed E-state index contributed by atoms with van der Waals surface area (Å²) in [5, 5.41) is 20.6. The minimum Gasteiger partial charge on any atom is -0.384 e. The van der Waals surface area contributed by atoms with Crippen molar-refractivity contribution in [2.24, 2.45) is 5.41 Å². The van der Waals surface area contributed by atoms with Gasteiger partial charge in [0.15, 0.2) is 0 Å². The molecule has 1 aromatic heterocycles. The van der Waals surface area contributed by atoms with Crippen molar-refractivity contribution in [1.29, 1.82) is 5.26 Å². The number of aliphatic hydroxyl groups is 1. The van der Waals surface area contributed by atoms with Crippen molar-refractivity contribution in [3.63, 3.8) is 0 Å². The number of aromatic amines is 1. The van der Waals surface area contributed by atoms with Crippen molar-refractivity contribution >= 4 is 39.1 Å². The molecule has 2 aromatic rings. The van der Waals surface area contributed by atoms with Gasteiger partial charge in [-0.05, 0) is 56.5 Å². The molecular formula is C21H22Cl2N4O4S. The van der Waals surface area contributed by atoms with Crippen LogP contribution in [0, 0.1) is 23.7 Å². The minimum atomic E-state index is -4.08. The lowest BCUT2D eigenvalue weighted by Crippen LogP contribution is -2.56. The fraction of sp³-hybridized carbons (Fsp3) is 0.429. The topological polar surface area (TPSA) is 126 Å². The summed E-state index contributed by atoms with van der Waals surface area (Å²) in [5.41, 5.74) is -0.238. The first-order valence-electron chi connectivity index (χ1n) is 9.91. The molecule has 8 nitrogen and oxygen atoms in total. The molecule has 0 bridgehead atoms. The Morgan fingerprint density at radius 1 is 1.28 bits per heavy atom. The highest BCUT2D eigenvalue weighted by atomic mass is 35.5. The van der Waals surface area contributed by atoms with Gasteiger partial charge in [-0.3, -0.25) is 4.79 Å². The number of fused-ring (bicyclic) bond motifs is 1. The van der Waals surface area contributed by atoms with Gasteiger partial charge in [-0.15, -0.1) is 0 Å². The van der Waals surface area contributed by atoms with Gasteiger partial charge in [-0.25, -0.2) is 13.1 Å². The lowest BCUT2D eigenvalue weighted by Gasteiger charge is -2.43. The standard InChI is InChI=1S/C21H22Cl2N4O4S/c1-11-13(19(28)27-9-20(2,8-24)10-27)6-18(25-11)32(30,31)26-17-5-12-4-15(22)16(23)7-14(12)21(17,3)29/h4,6-7,17,25-26,29H,5,9-10H2,1-3H3/t17-,21+/m0/s1. The number of aryl methyl sites for hydroxylation is 1. The van der Waals surface area contributed by atoms with Crippen LogP contribution in [0.4, 0.5) is 0 Å². The molecule has 1 saturated heterocycles. The Balaban J connectivity index is 1.56. The maximum Gasteiger partial charge on any atom is 0.256 e. The zero-order valence-corrected chi connectivity index (χ0v) is 20.0. The molecule has 1 fully saturated rings. The van der Waals surface area contributed by atoms with Gasteiger partial charge in [-0.1, -0.05) is 23.2 Å². The van der Waals surface area contributed by atoms with E-state index < -0.39 is 27.1 Å². The van der Waals surface area contributed by atoms with E-state index in [4.69, 9.17) is 28.5 Å². The lowest BCUT2D eigenvalue weighted by molar-refractivity contribution is 0.0354. The number of nitrogens with one attached hydrogen (secondary N) is 2. The van der Waals surface area contributed by atoms with Gasteiger partial charge in [0.1, 0.15) is 10.6 Å². The van der Waals surface area contributed by atoms with Crippen LogP contribution in [0.1, 0.15) is 41.0 Å². The lowest BCUT2D eigenvalue weighted by atomic mass is 9.83. The number of likely N-dealkylation sites (tertiary alicyclic amines) is 1. The molecule has 0 saturated carbocycles. The van der Waals surface area contributed by atoms with E-state index in [1.54, 1.807) is 26.0 Å². The number of rotatable bonds is 4. The highest BCUT2D eigenvalue weighted by molar-refractivity contribution is 7.89. The Labute approximate surface area is 196 Å². The van der Waals surface area contributed by atoms with Gasteiger partial charge in [-0.2, -0.15) is 5.26 Å². The molecule has 1 aliphatic carbocycles. The molecule has 32 heavy (non-hydrogen) atoms. The van der Waals surface area contributed by atoms with Gasteiger partial charge in [0.05, 0.1) is 33.1 Å². The summed E-state index contributed by atoms with van der Waals surface area (Å²) < 4.78 is 28.7. The summed E-state index contributed by atoms with van der Waals surface area (Å²) in [6, 6.07) is 5.77. The highest BCUT2D eigenvalue weighted by Gasteiger charge is 2.45. The van der Waals surface area contributed by atoms with E-state index in [-0.39, 0.29) is 27.9 Å². The smallest absolute Gasteiger partial charge is 0.256 e. The summed E-state index contributed by atoms with van der Waals surface area (Å²) >= 11 is 12.1. The molecule has 0 radical (unpaired) electrons. The summed E-state index contributed by atoms with van der Waals surface area (Å²) in [4.78, 5) is 17.0. The van der Waals surface area contributed by atoms with Gasteiger partial charge >= 0.3 is 0 Å². The van der Waals surface area contributed by atoms with Crippen LogP contribution in [0.5, 0.6) is 0 Å². The molecule has 0 spiro atoms. The third-order valence-electron chi connectivity index (χ3n) is 6.24. The summed E-state index contributed by atoms with van der Waals surface area (Å²) in [6.07, 6.45) is 0.227. The van der Waals surface area contributed by atoms with Crippen molar-refractivity contribution in [2.45, 2.75) is 43.9 Å². The third kappa shape index (κ3) is 3.70. The van der Waals surface area contributed by atoms with E-state index in [0.717, 1.165) is 0 Å². The fourth-order valence-corrected chi connectivity index (χ4v) is 6.04. The molecule has 2 aliphatic rings. The number of sulfonamides is 1. The van der Waals surface area contributed by atoms with Crippen molar-refractivity contribution in [1.82, 2.24) is 14.6 Å². The zero-order chi connectivity index (χ0) is 23.6. The van der Waals surface area contributed by atoms with Gasteiger partial charge in [0.25, 0.3) is 15.9 Å². The van der Waals surface area contributed by atoms with Gasteiger partial charge in [0, 0.05) is 18.8 Å². The average Bonchev–Trinajstić information content (AvgIpc) is 3.18. The highest BCUT2D eigenvalue weighted by Crippen LogP contribution is 2.41. The maximum atomic E-state index is 13.1. The first kappa shape index (κ1) is 23.1. The van der Waals surface area contributed by atoms with Crippen molar-refractivity contribution in [3.8, 4) is 6.07 Å². The quantitative estimate of drug-likeness (QED) is 0.599. The number of amides is 1. The monoisotopic (exact) mass is 496 g/mol. The number of hydrogen-bond acceptors (Lipinski definition) is 5. The fourth-order valence-electron chi connectivity index (χ4n) is 4.32. The molecule has 4 rings (SSSR count). The number of hydrogen-bond donors (Lipinski definition) is 3. The van der Waals surface area contributed by atoms with Crippen LogP contribution >= 0.6 is 23.2 Å². The van der Waals surface area contributed by atoms with E-state index in [1.165, 1.54) is 17.9 Å². The van der Waals surface area contributed by atoms with Crippen LogP contribution in [0.25, 0.3) is 0 Å². The number of aromatic nitrogens is 1. The average molecular weight is 497 g/mol. The third-order valence-corrected chi connectivity index (χ3v) is 8.35. The van der Waals surface area contributed by atoms with Crippen molar-refractivity contribution < 1.29 is 18.3 Å². The molecule has 1 amide bonds. The SMILES string of the molecule is Cc1[nH]c(S(=O)(=O)N[C@H]2Cc3cc(Cl)c(Cl)cc3[C@@]2(C)O)cc1C(=O)N1CC(C)(C#N)C1. The number of halogens is 2. The zero-order valence-electron chi connectivity index (χ0n) is 17.7. The summed E-state index contributed by atoms with van der Waals surface area (Å²) in [6.45, 7) is 5.48. The Morgan fingerprint density at radius 3 is 2.53 bits per heavy atom. The van der Waals surface area contributed by atoms with Crippen LogP contribution in [-0.2, 0) is 22.0 Å². The first-order chi connectivity index (χ1) is 14.8. The van der Waals surface area contributed by atoms with E-state index in [9.17, 15) is 18.3 Å². The molecule has 170 valence electrons. The van der Waals surface area contributed by atoms with Crippen LogP contribution < -0.4 is 4.72 Å². The van der Waals surface area contributed by atoms with E-state index in [0.29, 0.717) is 34.9 Å². The molecule has 2 heterocycles. The van der Waals surface area contributed by atoms with Crippen LogP contribution in [-0.4, -0.2) is 48.4 Å². The Hall–Kier alpha value is -2.09. The first-order valence-corrected chi connectivity index (χ1v) is 12.1. The molecular weight excluding hydrogens is 475 g/mol. The van der Waals surface area contributed by atoms with Crippen molar-refractivity contribution in [3.05, 3.63) is 50.6 Å². The number of nitriles is 1. The molecule has 11 heteroatoms. The van der Waals surface area contributed by atoms with Gasteiger partial charge in [0.2, 0.25) is 0 Å². The molecule has 0 unspecified atom stereocenters. The summed E-state index contributed by atoms with van der Waals surface area (Å²) in [5.74, 6) is -0.336. The Morgan fingerprint density at radius 2 is 1.91 bits per heavy atom. The van der Waals surface area contributed by atoms with Crippen molar-refractivity contribution in [2.75, 3.05) is 13.1 Å². The minimum absolute atomic E-state index is 0.176. The Kier molecular flexibility index (Phi) is 5.39. The second-order valence-electron chi connectivity index (χ2n) is 8.95.